The van der Waals surface area contributed by atoms with Gasteiger partial charge in [0.05, 0.1) is 30.0 Å². The molecule has 1 heterocycles. The number of halogens is 2. The summed E-state index contributed by atoms with van der Waals surface area (Å²) in [5.41, 5.74) is 3.58. The van der Waals surface area contributed by atoms with Gasteiger partial charge in [0.1, 0.15) is 5.82 Å². The van der Waals surface area contributed by atoms with Gasteiger partial charge in [-0.05, 0) is 37.6 Å². The molecule has 26 heavy (non-hydrogen) atoms. The number of anilines is 1. The minimum atomic E-state index is -0.270. The van der Waals surface area contributed by atoms with Crippen molar-refractivity contribution in [1.82, 2.24) is 9.78 Å². The Morgan fingerprint density at radius 2 is 1.85 bits per heavy atom. The zero-order chi connectivity index (χ0) is 18.7. The molecule has 0 spiro atoms. The van der Waals surface area contributed by atoms with E-state index < -0.39 is 0 Å². The van der Waals surface area contributed by atoms with Crippen LogP contribution in [-0.2, 0) is 17.8 Å². The summed E-state index contributed by atoms with van der Waals surface area (Å²) < 4.78 is 15.6. The Kier molecular flexibility index (Phi) is 5.38. The predicted molar refractivity (Wildman–Crippen MR) is 101 cm³/mol. The second kappa shape index (κ2) is 7.70. The van der Waals surface area contributed by atoms with E-state index in [1.54, 1.807) is 35.0 Å². The van der Waals surface area contributed by atoms with Crippen LogP contribution in [0.3, 0.4) is 0 Å². The summed E-state index contributed by atoms with van der Waals surface area (Å²) in [6.45, 7) is 3.99. The fraction of sp³-hybridized carbons (Fsp3) is 0.200. The molecule has 0 aliphatic rings. The molecule has 0 radical (unpaired) electrons. The number of nitrogens with zero attached hydrogens (tertiary/aromatic N) is 2. The summed E-state index contributed by atoms with van der Waals surface area (Å²) in [4.78, 5) is 12.4. The maximum atomic E-state index is 13.9. The molecule has 2 aromatic carbocycles. The Morgan fingerprint density at radius 1 is 1.15 bits per heavy atom. The van der Waals surface area contributed by atoms with Crippen LogP contribution in [0.2, 0.25) is 5.02 Å². The van der Waals surface area contributed by atoms with E-state index in [4.69, 9.17) is 11.6 Å². The lowest BCUT2D eigenvalue weighted by atomic mass is 10.1. The molecule has 4 nitrogen and oxygen atoms in total. The first-order valence-electron chi connectivity index (χ1n) is 8.25. The number of benzene rings is 2. The fourth-order valence-corrected chi connectivity index (χ4v) is 2.92. The number of aryl methyl sites for hydroxylation is 1. The molecule has 1 N–H and O–H groups in total. The Morgan fingerprint density at radius 3 is 2.54 bits per heavy atom. The third-order valence-corrected chi connectivity index (χ3v) is 4.45. The van der Waals surface area contributed by atoms with E-state index in [2.05, 4.69) is 10.4 Å². The molecular formula is C20H19ClFN3O. The molecule has 0 aliphatic heterocycles. The van der Waals surface area contributed by atoms with Crippen molar-refractivity contribution in [1.29, 1.82) is 0 Å². The molecule has 3 rings (SSSR count). The topological polar surface area (TPSA) is 46.9 Å². The number of hydrogen-bond donors (Lipinski definition) is 1. The van der Waals surface area contributed by atoms with E-state index in [0.29, 0.717) is 28.5 Å². The second-order valence-corrected chi connectivity index (χ2v) is 6.58. The van der Waals surface area contributed by atoms with E-state index in [9.17, 15) is 9.18 Å². The normalized spacial score (nSPS) is 10.8. The van der Waals surface area contributed by atoms with Gasteiger partial charge in [-0.1, -0.05) is 41.9 Å². The van der Waals surface area contributed by atoms with Gasteiger partial charge in [-0.2, -0.15) is 5.10 Å². The van der Waals surface area contributed by atoms with Gasteiger partial charge in [0.15, 0.2) is 0 Å². The van der Waals surface area contributed by atoms with E-state index in [0.717, 1.165) is 11.3 Å². The Labute approximate surface area is 156 Å². The maximum Gasteiger partial charge on any atom is 0.228 e. The highest BCUT2D eigenvalue weighted by Gasteiger charge is 2.15. The van der Waals surface area contributed by atoms with Gasteiger partial charge >= 0.3 is 0 Å². The molecule has 0 fully saturated rings. The number of carbonyl (C=O) groups is 1. The van der Waals surface area contributed by atoms with Crippen LogP contribution in [0.4, 0.5) is 10.1 Å². The first kappa shape index (κ1) is 18.1. The highest BCUT2D eigenvalue weighted by Crippen LogP contribution is 2.21. The van der Waals surface area contributed by atoms with Gasteiger partial charge < -0.3 is 5.32 Å². The predicted octanol–water partition coefficient (Wildman–Crippen LogP) is 4.52. The second-order valence-electron chi connectivity index (χ2n) is 6.15. The Balaban J connectivity index is 1.74. The molecule has 6 heteroatoms. The summed E-state index contributed by atoms with van der Waals surface area (Å²) in [7, 11) is 0. The highest BCUT2D eigenvalue weighted by molar-refractivity contribution is 6.30. The number of rotatable bonds is 5. The number of amides is 1. The number of aromatic nitrogens is 2. The van der Waals surface area contributed by atoms with Gasteiger partial charge in [0, 0.05) is 10.6 Å². The van der Waals surface area contributed by atoms with Crippen molar-refractivity contribution in [2.24, 2.45) is 0 Å². The molecule has 0 saturated heterocycles. The van der Waals surface area contributed by atoms with Crippen LogP contribution in [0.25, 0.3) is 0 Å². The standard InChI is InChI=1S/C20H19ClFN3O/c1-13-20(23-19(26)11-15-7-9-17(21)10-8-15)14(2)25(24-13)12-16-5-3-4-6-18(16)22/h3-10H,11-12H2,1-2H3,(H,23,26). The summed E-state index contributed by atoms with van der Waals surface area (Å²) in [6, 6.07) is 13.8. The van der Waals surface area contributed by atoms with Crippen LogP contribution in [0, 0.1) is 19.7 Å². The van der Waals surface area contributed by atoms with Crippen LogP contribution >= 0.6 is 11.6 Å². The van der Waals surface area contributed by atoms with Crippen molar-refractivity contribution >= 4 is 23.2 Å². The zero-order valence-electron chi connectivity index (χ0n) is 14.6. The number of hydrogen-bond acceptors (Lipinski definition) is 2. The van der Waals surface area contributed by atoms with Crippen LogP contribution in [0.5, 0.6) is 0 Å². The van der Waals surface area contributed by atoms with Crippen LogP contribution in [-0.4, -0.2) is 15.7 Å². The minimum Gasteiger partial charge on any atom is -0.323 e. The first-order chi connectivity index (χ1) is 12.4. The molecule has 0 atom stereocenters. The molecule has 0 saturated carbocycles. The van der Waals surface area contributed by atoms with Crippen LogP contribution in [0.1, 0.15) is 22.5 Å². The quantitative estimate of drug-likeness (QED) is 0.716. The smallest absolute Gasteiger partial charge is 0.228 e. The van der Waals surface area contributed by atoms with Gasteiger partial charge in [-0.25, -0.2) is 4.39 Å². The molecule has 1 aromatic heterocycles. The van der Waals surface area contributed by atoms with E-state index in [1.807, 2.05) is 26.0 Å². The molecule has 0 unspecified atom stereocenters. The minimum absolute atomic E-state index is 0.135. The molecular weight excluding hydrogens is 353 g/mol. The summed E-state index contributed by atoms with van der Waals surface area (Å²) in [6.07, 6.45) is 0.245. The van der Waals surface area contributed by atoms with Crippen molar-refractivity contribution in [3.8, 4) is 0 Å². The Bertz CT molecular complexity index is 935. The molecule has 3 aromatic rings. The summed E-state index contributed by atoms with van der Waals surface area (Å²) in [5.74, 6) is -0.405. The fourth-order valence-electron chi connectivity index (χ4n) is 2.79. The van der Waals surface area contributed by atoms with E-state index in [-0.39, 0.29) is 18.1 Å². The van der Waals surface area contributed by atoms with Gasteiger partial charge in [0.2, 0.25) is 5.91 Å². The van der Waals surface area contributed by atoms with Crippen LogP contribution < -0.4 is 5.32 Å². The Hall–Kier alpha value is -2.66. The highest BCUT2D eigenvalue weighted by atomic mass is 35.5. The number of carbonyl (C=O) groups excluding carboxylic acids is 1. The largest absolute Gasteiger partial charge is 0.323 e. The monoisotopic (exact) mass is 371 g/mol. The van der Waals surface area contributed by atoms with E-state index in [1.165, 1.54) is 6.07 Å². The van der Waals surface area contributed by atoms with Gasteiger partial charge in [-0.3, -0.25) is 9.48 Å². The van der Waals surface area contributed by atoms with Crippen molar-refractivity contribution < 1.29 is 9.18 Å². The average molecular weight is 372 g/mol. The van der Waals surface area contributed by atoms with Gasteiger partial charge in [-0.15, -0.1) is 0 Å². The van der Waals surface area contributed by atoms with E-state index >= 15 is 0 Å². The third-order valence-electron chi connectivity index (χ3n) is 4.20. The lowest BCUT2D eigenvalue weighted by Crippen LogP contribution is -2.15. The molecule has 0 aliphatic carbocycles. The van der Waals surface area contributed by atoms with Crippen molar-refractivity contribution in [2.45, 2.75) is 26.8 Å². The van der Waals surface area contributed by atoms with Crippen LogP contribution in [0.15, 0.2) is 48.5 Å². The van der Waals surface area contributed by atoms with Gasteiger partial charge in [0.25, 0.3) is 0 Å². The summed E-state index contributed by atoms with van der Waals surface area (Å²) >= 11 is 5.86. The number of nitrogens with one attached hydrogen (secondary N) is 1. The first-order valence-corrected chi connectivity index (χ1v) is 8.63. The third kappa shape index (κ3) is 4.11. The molecule has 134 valence electrons. The zero-order valence-corrected chi connectivity index (χ0v) is 15.3. The van der Waals surface area contributed by atoms with Crippen molar-refractivity contribution in [3.05, 3.63) is 81.9 Å². The molecule has 0 bridgehead atoms. The maximum absolute atomic E-state index is 13.9. The van der Waals surface area contributed by atoms with Crippen molar-refractivity contribution in [3.63, 3.8) is 0 Å². The lowest BCUT2D eigenvalue weighted by molar-refractivity contribution is -0.115. The SMILES string of the molecule is Cc1nn(Cc2ccccc2F)c(C)c1NC(=O)Cc1ccc(Cl)cc1. The van der Waals surface area contributed by atoms with Crippen molar-refractivity contribution in [2.75, 3.05) is 5.32 Å². The summed E-state index contributed by atoms with van der Waals surface area (Å²) in [5, 5.41) is 7.98. The lowest BCUT2D eigenvalue weighted by Gasteiger charge is -2.08. The average Bonchev–Trinajstić information content (AvgIpc) is 2.86. The molecule has 1 amide bonds.